The Morgan fingerprint density at radius 3 is 2.62 bits per heavy atom. The van der Waals surface area contributed by atoms with Gasteiger partial charge in [-0.2, -0.15) is 5.26 Å². The molecule has 1 aromatic carbocycles. The fourth-order valence-corrected chi connectivity index (χ4v) is 1.41. The van der Waals surface area contributed by atoms with Crippen LogP contribution in [0, 0.1) is 17.2 Å². The van der Waals surface area contributed by atoms with Crippen LogP contribution in [0.15, 0.2) is 18.2 Å². The Labute approximate surface area is 95.2 Å². The van der Waals surface area contributed by atoms with E-state index in [9.17, 15) is 5.11 Å². The number of benzene rings is 1. The van der Waals surface area contributed by atoms with Crippen molar-refractivity contribution >= 4 is 0 Å². The summed E-state index contributed by atoms with van der Waals surface area (Å²) in [6.45, 7) is 4.30. The summed E-state index contributed by atoms with van der Waals surface area (Å²) in [6.07, 6.45) is 0. The first kappa shape index (κ1) is 12.3. The molecule has 0 aliphatic heterocycles. The maximum absolute atomic E-state index is 9.62. The summed E-state index contributed by atoms with van der Waals surface area (Å²) in [5.74, 6) is 0.0326. The lowest BCUT2D eigenvalue weighted by Gasteiger charge is -2.16. The Morgan fingerprint density at radius 2 is 2.06 bits per heavy atom. The number of nitriles is 1. The molecule has 4 heteroatoms. The molecule has 1 aromatic rings. The van der Waals surface area contributed by atoms with Gasteiger partial charge in [-0.15, -0.1) is 0 Å². The molecule has 0 aliphatic rings. The van der Waals surface area contributed by atoms with E-state index in [2.05, 4.69) is 11.4 Å². The fourth-order valence-electron chi connectivity index (χ4n) is 1.41. The monoisotopic (exact) mass is 220 g/mol. The number of aromatic hydroxyl groups is 2. The molecule has 0 spiro atoms. The van der Waals surface area contributed by atoms with E-state index in [1.807, 2.05) is 13.8 Å². The summed E-state index contributed by atoms with van der Waals surface area (Å²) < 4.78 is 0. The van der Waals surface area contributed by atoms with Crippen LogP contribution in [0.1, 0.15) is 25.5 Å². The summed E-state index contributed by atoms with van der Waals surface area (Å²) >= 11 is 0. The summed E-state index contributed by atoms with van der Waals surface area (Å²) in [6, 6.07) is 6.57. The van der Waals surface area contributed by atoms with E-state index in [-0.39, 0.29) is 23.5 Å². The minimum Gasteiger partial charge on any atom is -0.508 e. The van der Waals surface area contributed by atoms with Gasteiger partial charge in [0.1, 0.15) is 11.5 Å². The Hall–Kier alpha value is -1.73. The lowest BCUT2D eigenvalue weighted by Crippen LogP contribution is -2.23. The number of rotatable bonds is 4. The van der Waals surface area contributed by atoms with Crippen LogP contribution in [0.2, 0.25) is 0 Å². The Bertz CT molecular complexity index is 398. The molecule has 0 radical (unpaired) electrons. The van der Waals surface area contributed by atoms with Crippen molar-refractivity contribution in [3.63, 3.8) is 0 Å². The van der Waals surface area contributed by atoms with Crippen molar-refractivity contribution in [1.82, 2.24) is 5.32 Å². The molecule has 2 unspecified atom stereocenters. The zero-order valence-electron chi connectivity index (χ0n) is 9.44. The lowest BCUT2D eigenvalue weighted by atomic mass is 10.1. The van der Waals surface area contributed by atoms with Gasteiger partial charge in [-0.3, -0.25) is 0 Å². The standard InChI is InChI=1S/C12H16N2O2/c1-8(6-13)7-14-9(2)11-4-3-10(15)5-12(11)16/h3-5,8-9,14-16H,7H2,1-2H3. The second kappa shape index (κ2) is 5.38. The second-order valence-corrected chi connectivity index (χ2v) is 3.90. The molecule has 16 heavy (non-hydrogen) atoms. The maximum Gasteiger partial charge on any atom is 0.124 e. The first-order chi connectivity index (χ1) is 7.54. The van der Waals surface area contributed by atoms with Gasteiger partial charge in [0.25, 0.3) is 0 Å². The van der Waals surface area contributed by atoms with E-state index in [0.717, 1.165) is 0 Å². The molecule has 1 rings (SSSR count). The number of nitrogens with zero attached hydrogens (tertiary/aromatic N) is 1. The zero-order valence-corrected chi connectivity index (χ0v) is 9.44. The van der Waals surface area contributed by atoms with E-state index >= 15 is 0 Å². The molecular weight excluding hydrogens is 204 g/mol. The van der Waals surface area contributed by atoms with E-state index in [0.29, 0.717) is 12.1 Å². The summed E-state index contributed by atoms with van der Waals surface area (Å²) in [5.41, 5.74) is 0.711. The van der Waals surface area contributed by atoms with Gasteiger partial charge in [0.05, 0.1) is 12.0 Å². The van der Waals surface area contributed by atoms with Crippen LogP contribution < -0.4 is 5.32 Å². The van der Waals surface area contributed by atoms with Gasteiger partial charge in [0, 0.05) is 24.2 Å². The van der Waals surface area contributed by atoms with E-state index < -0.39 is 0 Å². The van der Waals surface area contributed by atoms with Crippen LogP contribution in [0.25, 0.3) is 0 Å². The highest BCUT2D eigenvalue weighted by Gasteiger charge is 2.11. The molecule has 0 saturated carbocycles. The largest absolute Gasteiger partial charge is 0.508 e. The summed E-state index contributed by atoms with van der Waals surface area (Å²) in [7, 11) is 0. The maximum atomic E-state index is 9.62. The summed E-state index contributed by atoms with van der Waals surface area (Å²) in [5, 5.41) is 30.6. The Kier molecular flexibility index (Phi) is 4.15. The molecule has 0 saturated heterocycles. The first-order valence-corrected chi connectivity index (χ1v) is 5.19. The highest BCUT2D eigenvalue weighted by Crippen LogP contribution is 2.27. The molecule has 4 nitrogen and oxygen atoms in total. The summed E-state index contributed by atoms with van der Waals surface area (Å²) in [4.78, 5) is 0. The zero-order chi connectivity index (χ0) is 12.1. The average molecular weight is 220 g/mol. The van der Waals surface area contributed by atoms with Crippen molar-refractivity contribution in [2.24, 2.45) is 5.92 Å². The molecule has 0 bridgehead atoms. The molecule has 0 aromatic heterocycles. The van der Waals surface area contributed by atoms with Crippen LogP contribution in [-0.2, 0) is 0 Å². The van der Waals surface area contributed by atoms with E-state index in [1.165, 1.54) is 12.1 Å². The Morgan fingerprint density at radius 1 is 1.38 bits per heavy atom. The average Bonchev–Trinajstić information content (AvgIpc) is 2.25. The predicted octanol–water partition coefficient (Wildman–Crippen LogP) is 1.91. The SMILES string of the molecule is CC(C#N)CNC(C)c1ccc(O)cc1O. The third-order valence-electron chi connectivity index (χ3n) is 2.43. The van der Waals surface area contributed by atoms with Crippen molar-refractivity contribution in [2.75, 3.05) is 6.54 Å². The van der Waals surface area contributed by atoms with Crippen LogP contribution in [0.4, 0.5) is 0 Å². The molecule has 0 fully saturated rings. The number of phenols is 2. The number of hydrogen-bond acceptors (Lipinski definition) is 4. The fraction of sp³-hybridized carbons (Fsp3) is 0.417. The van der Waals surface area contributed by atoms with Crippen molar-refractivity contribution < 1.29 is 10.2 Å². The molecule has 2 atom stereocenters. The molecule has 86 valence electrons. The molecule has 0 amide bonds. The van der Waals surface area contributed by atoms with Gasteiger partial charge < -0.3 is 15.5 Å². The van der Waals surface area contributed by atoms with Crippen molar-refractivity contribution in [2.45, 2.75) is 19.9 Å². The van der Waals surface area contributed by atoms with Gasteiger partial charge in [-0.1, -0.05) is 6.07 Å². The topological polar surface area (TPSA) is 76.3 Å². The molecule has 0 aliphatic carbocycles. The quantitative estimate of drug-likeness (QED) is 0.724. The van der Waals surface area contributed by atoms with Crippen molar-refractivity contribution in [3.8, 4) is 17.6 Å². The third kappa shape index (κ3) is 3.14. The molecule has 0 heterocycles. The van der Waals surface area contributed by atoms with Gasteiger partial charge in [-0.05, 0) is 19.9 Å². The highest BCUT2D eigenvalue weighted by molar-refractivity contribution is 5.40. The van der Waals surface area contributed by atoms with E-state index in [4.69, 9.17) is 10.4 Å². The Balaban J connectivity index is 2.66. The van der Waals surface area contributed by atoms with Crippen LogP contribution in [0.3, 0.4) is 0 Å². The normalized spacial score (nSPS) is 14.1. The molecular formula is C12H16N2O2. The van der Waals surface area contributed by atoms with Gasteiger partial charge in [0.2, 0.25) is 0 Å². The smallest absolute Gasteiger partial charge is 0.124 e. The highest BCUT2D eigenvalue weighted by atomic mass is 16.3. The van der Waals surface area contributed by atoms with Gasteiger partial charge >= 0.3 is 0 Å². The molecule has 3 N–H and O–H groups in total. The van der Waals surface area contributed by atoms with Gasteiger partial charge in [-0.25, -0.2) is 0 Å². The van der Waals surface area contributed by atoms with E-state index in [1.54, 1.807) is 6.07 Å². The second-order valence-electron chi connectivity index (χ2n) is 3.90. The van der Waals surface area contributed by atoms with Gasteiger partial charge in [0.15, 0.2) is 0 Å². The van der Waals surface area contributed by atoms with Crippen molar-refractivity contribution in [3.05, 3.63) is 23.8 Å². The minimum atomic E-state index is -0.0679. The number of phenolic OH excluding ortho intramolecular Hbond substituents is 2. The number of nitrogens with one attached hydrogen (secondary N) is 1. The van der Waals surface area contributed by atoms with Crippen LogP contribution >= 0.6 is 0 Å². The van der Waals surface area contributed by atoms with Crippen molar-refractivity contribution in [1.29, 1.82) is 5.26 Å². The first-order valence-electron chi connectivity index (χ1n) is 5.19. The lowest BCUT2D eigenvalue weighted by molar-refractivity contribution is 0.433. The minimum absolute atomic E-state index is 0.0406. The van der Waals surface area contributed by atoms with Crippen LogP contribution in [0.5, 0.6) is 11.5 Å². The number of hydrogen-bond donors (Lipinski definition) is 3. The predicted molar refractivity (Wildman–Crippen MR) is 61.0 cm³/mol. The third-order valence-corrected chi connectivity index (χ3v) is 2.43. The van der Waals surface area contributed by atoms with Crippen LogP contribution in [-0.4, -0.2) is 16.8 Å².